The zero-order chi connectivity index (χ0) is 22.2. The van der Waals surface area contributed by atoms with Crippen molar-refractivity contribution in [1.29, 1.82) is 0 Å². The molecule has 0 radical (unpaired) electrons. The third-order valence-corrected chi connectivity index (χ3v) is 5.29. The lowest BCUT2D eigenvalue weighted by atomic mass is 10.1. The van der Waals surface area contributed by atoms with Crippen LogP contribution in [-0.2, 0) is 0 Å². The molecule has 0 bridgehead atoms. The SMILES string of the molecule is CC(C)CCOc1cccc(C(=O)NC(=S)Nc2ccccc2C(=O)N2CCCC2)c1. The first kappa shape index (κ1) is 22.7. The summed E-state index contributed by atoms with van der Waals surface area (Å²) in [6.45, 7) is 6.41. The van der Waals surface area contributed by atoms with E-state index in [2.05, 4.69) is 24.5 Å². The van der Waals surface area contributed by atoms with Crippen LogP contribution < -0.4 is 15.4 Å². The van der Waals surface area contributed by atoms with Crippen LogP contribution in [-0.4, -0.2) is 41.5 Å². The zero-order valence-electron chi connectivity index (χ0n) is 18.0. The third-order valence-electron chi connectivity index (χ3n) is 5.09. The lowest BCUT2D eigenvalue weighted by Gasteiger charge is -2.18. The summed E-state index contributed by atoms with van der Waals surface area (Å²) < 4.78 is 5.73. The van der Waals surface area contributed by atoms with E-state index >= 15 is 0 Å². The number of ether oxygens (including phenoxy) is 1. The van der Waals surface area contributed by atoms with Crippen LogP contribution in [0.15, 0.2) is 48.5 Å². The average Bonchev–Trinajstić information content (AvgIpc) is 3.28. The maximum absolute atomic E-state index is 12.8. The Morgan fingerprint density at radius 1 is 1.10 bits per heavy atom. The van der Waals surface area contributed by atoms with Crippen molar-refractivity contribution in [3.8, 4) is 5.75 Å². The van der Waals surface area contributed by atoms with Gasteiger partial charge in [0.2, 0.25) is 0 Å². The largest absolute Gasteiger partial charge is 0.494 e. The Morgan fingerprint density at radius 3 is 2.58 bits per heavy atom. The zero-order valence-corrected chi connectivity index (χ0v) is 18.8. The average molecular weight is 440 g/mol. The van der Waals surface area contributed by atoms with Gasteiger partial charge in [-0.05, 0) is 67.7 Å². The number of amides is 2. The Kier molecular flexibility index (Phi) is 8.00. The Balaban J connectivity index is 1.61. The highest BCUT2D eigenvalue weighted by molar-refractivity contribution is 7.80. The molecule has 2 aromatic rings. The van der Waals surface area contributed by atoms with E-state index in [0.717, 1.165) is 32.4 Å². The van der Waals surface area contributed by atoms with Crippen molar-refractivity contribution >= 4 is 34.8 Å². The molecular weight excluding hydrogens is 410 g/mol. The van der Waals surface area contributed by atoms with Gasteiger partial charge >= 0.3 is 0 Å². The van der Waals surface area contributed by atoms with E-state index in [1.807, 2.05) is 23.1 Å². The fourth-order valence-corrected chi connectivity index (χ4v) is 3.54. The smallest absolute Gasteiger partial charge is 0.257 e. The molecule has 1 heterocycles. The fourth-order valence-electron chi connectivity index (χ4n) is 3.34. The van der Waals surface area contributed by atoms with Crippen molar-refractivity contribution in [1.82, 2.24) is 10.2 Å². The molecule has 0 aliphatic carbocycles. The molecular formula is C24H29N3O3S. The molecule has 1 saturated heterocycles. The second-order valence-corrected chi connectivity index (χ2v) is 8.42. The molecule has 1 fully saturated rings. The molecule has 2 aromatic carbocycles. The molecule has 0 spiro atoms. The van der Waals surface area contributed by atoms with Crippen LogP contribution in [0.2, 0.25) is 0 Å². The Hall–Kier alpha value is -2.93. The second-order valence-electron chi connectivity index (χ2n) is 8.01. The normalized spacial score (nSPS) is 13.2. The highest BCUT2D eigenvalue weighted by atomic mass is 32.1. The minimum atomic E-state index is -0.338. The van der Waals surface area contributed by atoms with E-state index in [0.29, 0.717) is 35.1 Å². The van der Waals surface area contributed by atoms with Gasteiger partial charge in [-0.3, -0.25) is 14.9 Å². The van der Waals surface area contributed by atoms with E-state index in [9.17, 15) is 9.59 Å². The second kappa shape index (κ2) is 10.9. The maximum Gasteiger partial charge on any atom is 0.257 e. The lowest BCUT2D eigenvalue weighted by molar-refractivity contribution is 0.0793. The molecule has 1 aliphatic heterocycles. The van der Waals surface area contributed by atoms with Crippen LogP contribution in [0.5, 0.6) is 5.75 Å². The Bertz CT molecular complexity index is 939. The molecule has 31 heavy (non-hydrogen) atoms. The molecule has 7 heteroatoms. The van der Waals surface area contributed by atoms with Gasteiger partial charge in [0.15, 0.2) is 5.11 Å². The first-order chi connectivity index (χ1) is 14.9. The first-order valence-corrected chi connectivity index (χ1v) is 11.1. The van der Waals surface area contributed by atoms with Gasteiger partial charge in [-0.1, -0.05) is 32.0 Å². The number of rotatable bonds is 7. The minimum Gasteiger partial charge on any atom is -0.494 e. The number of nitrogens with one attached hydrogen (secondary N) is 2. The minimum absolute atomic E-state index is 0.0269. The van der Waals surface area contributed by atoms with Crippen LogP contribution in [0, 0.1) is 5.92 Å². The van der Waals surface area contributed by atoms with Crippen LogP contribution in [0.3, 0.4) is 0 Å². The van der Waals surface area contributed by atoms with Gasteiger partial charge in [-0.15, -0.1) is 0 Å². The maximum atomic E-state index is 12.8. The molecule has 2 N–H and O–H groups in total. The molecule has 1 aliphatic rings. The molecule has 0 aromatic heterocycles. The summed E-state index contributed by atoms with van der Waals surface area (Å²) in [5.74, 6) is 0.833. The summed E-state index contributed by atoms with van der Waals surface area (Å²) in [6, 6.07) is 14.2. The Morgan fingerprint density at radius 2 is 1.84 bits per heavy atom. The predicted octanol–water partition coefficient (Wildman–Crippen LogP) is 4.47. The van der Waals surface area contributed by atoms with Crippen LogP contribution in [0.1, 0.15) is 53.8 Å². The quantitative estimate of drug-likeness (QED) is 0.623. The summed E-state index contributed by atoms with van der Waals surface area (Å²) in [5.41, 5.74) is 1.57. The predicted molar refractivity (Wildman–Crippen MR) is 127 cm³/mol. The van der Waals surface area contributed by atoms with Crippen LogP contribution >= 0.6 is 12.2 Å². The Labute approximate surface area is 189 Å². The fraction of sp³-hybridized carbons (Fsp3) is 0.375. The summed E-state index contributed by atoms with van der Waals surface area (Å²) in [6.07, 6.45) is 2.99. The van der Waals surface area contributed by atoms with Crippen molar-refractivity contribution in [2.75, 3.05) is 25.0 Å². The highest BCUT2D eigenvalue weighted by Gasteiger charge is 2.22. The van der Waals surface area contributed by atoms with Gasteiger partial charge in [0.05, 0.1) is 17.9 Å². The van der Waals surface area contributed by atoms with Gasteiger partial charge in [0.25, 0.3) is 11.8 Å². The first-order valence-electron chi connectivity index (χ1n) is 10.7. The number of thiocarbonyl (C=S) groups is 1. The van der Waals surface area contributed by atoms with Crippen LogP contribution in [0.25, 0.3) is 0 Å². The molecule has 0 atom stereocenters. The van der Waals surface area contributed by atoms with E-state index in [1.165, 1.54) is 0 Å². The van der Waals surface area contributed by atoms with Crippen molar-refractivity contribution in [2.45, 2.75) is 33.1 Å². The summed E-state index contributed by atoms with van der Waals surface area (Å²) in [4.78, 5) is 27.3. The van der Waals surface area contributed by atoms with E-state index < -0.39 is 0 Å². The number of benzene rings is 2. The van der Waals surface area contributed by atoms with Crippen molar-refractivity contribution in [3.63, 3.8) is 0 Å². The lowest BCUT2D eigenvalue weighted by Crippen LogP contribution is -2.35. The third kappa shape index (κ3) is 6.52. The number of anilines is 1. The highest BCUT2D eigenvalue weighted by Crippen LogP contribution is 2.20. The summed E-state index contributed by atoms with van der Waals surface area (Å²) >= 11 is 5.33. The molecule has 0 unspecified atom stereocenters. The number of nitrogens with zero attached hydrogens (tertiary/aromatic N) is 1. The van der Waals surface area contributed by atoms with Crippen molar-refractivity contribution in [2.24, 2.45) is 5.92 Å². The monoisotopic (exact) mass is 439 g/mol. The van der Waals surface area contributed by atoms with Gasteiger partial charge < -0.3 is 15.0 Å². The van der Waals surface area contributed by atoms with Crippen LogP contribution in [0.4, 0.5) is 5.69 Å². The number of hydrogen-bond donors (Lipinski definition) is 2. The molecule has 0 saturated carbocycles. The number of carbonyl (C=O) groups is 2. The summed E-state index contributed by atoms with van der Waals surface area (Å²) in [7, 11) is 0. The van der Waals surface area contributed by atoms with Gasteiger partial charge in [0.1, 0.15) is 5.75 Å². The molecule has 3 rings (SSSR count). The topological polar surface area (TPSA) is 70.7 Å². The van der Waals surface area contributed by atoms with Crippen molar-refractivity contribution < 1.29 is 14.3 Å². The van der Waals surface area contributed by atoms with E-state index in [1.54, 1.807) is 30.3 Å². The standard InChI is InChI=1S/C24H29N3O3S/c1-17(2)12-15-30-19-9-7-8-18(16-19)22(28)26-24(31)25-21-11-4-3-10-20(21)23(29)27-13-5-6-14-27/h3-4,7-11,16-17H,5-6,12-15H2,1-2H3,(H2,25,26,28,31). The summed E-state index contributed by atoms with van der Waals surface area (Å²) in [5, 5.41) is 5.82. The van der Waals surface area contributed by atoms with Gasteiger partial charge in [0, 0.05) is 18.7 Å². The number of hydrogen-bond acceptors (Lipinski definition) is 4. The number of carbonyl (C=O) groups excluding carboxylic acids is 2. The van der Waals surface area contributed by atoms with Gasteiger partial charge in [-0.2, -0.15) is 0 Å². The molecule has 6 nitrogen and oxygen atoms in total. The van der Waals surface area contributed by atoms with Gasteiger partial charge in [-0.25, -0.2) is 0 Å². The number of para-hydroxylation sites is 1. The van der Waals surface area contributed by atoms with E-state index in [4.69, 9.17) is 17.0 Å². The van der Waals surface area contributed by atoms with E-state index in [-0.39, 0.29) is 16.9 Å². The molecule has 2 amide bonds. The van der Waals surface area contributed by atoms with Crippen molar-refractivity contribution in [3.05, 3.63) is 59.7 Å². The molecule has 164 valence electrons. The number of likely N-dealkylation sites (tertiary alicyclic amines) is 1.